The Bertz CT molecular complexity index is 2340. The summed E-state index contributed by atoms with van der Waals surface area (Å²) in [4.78, 5) is 58.8. The van der Waals surface area contributed by atoms with Gasteiger partial charge < -0.3 is 48.0 Å². The summed E-state index contributed by atoms with van der Waals surface area (Å²) in [6.07, 6.45) is 4.43. The highest BCUT2D eigenvalue weighted by Gasteiger charge is 2.57. The number of nitrogens with zero attached hydrogens (tertiary/aromatic N) is 1. The largest absolute Gasteiger partial charge is 0.543 e. The number of aliphatic hydroxyl groups excluding tert-OH is 1. The van der Waals surface area contributed by atoms with Crippen LogP contribution in [-0.4, -0.2) is 129 Å². The first-order valence-corrected chi connectivity index (χ1v) is 30.3. The third-order valence-corrected chi connectivity index (χ3v) is 21.5. The molecule has 14 unspecified atom stereocenters. The molecule has 14 atom stereocenters. The molecule has 1 amide bonds. The van der Waals surface area contributed by atoms with Crippen molar-refractivity contribution in [1.29, 1.82) is 0 Å². The highest BCUT2D eigenvalue weighted by atomic mass is 28.4. The summed E-state index contributed by atoms with van der Waals surface area (Å²) in [6.45, 7) is 22.6. The Labute approximate surface area is 442 Å². The minimum absolute atomic E-state index is 0.00615. The van der Waals surface area contributed by atoms with E-state index in [1.165, 1.54) is 4.90 Å². The number of carbonyl (C=O) groups is 4. The van der Waals surface area contributed by atoms with E-state index in [4.69, 9.17) is 32.8 Å². The van der Waals surface area contributed by atoms with Gasteiger partial charge in [-0.3, -0.25) is 14.4 Å². The van der Waals surface area contributed by atoms with Gasteiger partial charge in [-0.1, -0.05) is 78.3 Å². The maximum absolute atomic E-state index is 14.7. The summed E-state index contributed by atoms with van der Waals surface area (Å²) in [5, 5.41) is 26.3. The van der Waals surface area contributed by atoms with Crippen LogP contribution in [0.15, 0.2) is 59.7 Å². The molecule has 2 bridgehead atoms. The van der Waals surface area contributed by atoms with Gasteiger partial charge in [-0.2, -0.15) is 0 Å². The number of hydrogen-bond acceptors (Lipinski definition) is 13. The first-order chi connectivity index (χ1) is 34.8. The number of benzene rings is 2. The summed E-state index contributed by atoms with van der Waals surface area (Å²) in [6, 6.07) is 11.2. The molecule has 1 aliphatic carbocycles. The number of allylic oxidation sites excluding steroid dienone is 3. The van der Waals surface area contributed by atoms with E-state index in [0.717, 1.165) is 34.3 Å². The molecule has 3 heterocycles. The fourth-order valence-electron chi connectivity index (χ4n) is 11.5. The summed E-state index contributed by atoms with van der Waals surface area (Å²) < 4.78 is 43.9. The van der Waals surface area contributed by atoms with E-state index in [0.29, 0.717) is 50.5 Å². The molecule has 3 aliphatic heterocycles. The number of hydrogen-bond donors (Lipinski definition) is 2. The number of esters is 1. The van der Waals surface area contributed by atoms with Crippen molar-refractivity contribution in [3.8, 4) is 11.5 Å². The molecule has 0 spiro atoms. The number of ether oxygens (including phenoxy) is 6. The molecule has 2 aromatic rings. The van der Waals surface area contributed by atoms with Gasteiger partial charge in [0, 0.05) is 52.0 Å². The van der Waals surface area contributed by atoms with Gasteiger partial charge >= 0.3 is 5.97 Å². The van der Waals surface area contributed by atoms with Crippen LogP contribution in [0.1, 0.15) is 133 Å². The van der Waals surface area contributed by atoms with E-state index in [1.807, 2.05) is 39.0 Å². The topological polar surface area (TPSA) is 177 Å². The molecule has 0 aromatic heterocycles. The normalized spacial score (nSPS) is 34.8. The first kappa shape index (κ1) is 59.3. The number of ketones is 2. The van der Waals surface area contributed by atoms with Gasteiger partial charge in [-0.15, -0.1) is 0 Å². The summed E-state index contributed by atoms with van der Waals surface area (Å²) in [5.74, 6) is -5.95. The third-order valence-electron chi connectivity index (χ3n) is 17.1. The zero-order valence-electron chi connectivity index (χ0n) is 46.9. The summed E-state index contributed by atoms with van der Waals surface area (Å²) >= 11 is 0. The smallest absolute Gasteiger partial charge is 0.329 e. The molecule has 74 heavy (non-hydrogen) atoms. The van der Waals surface area contributed by atoms with Crippen LogP contribution in [0.5, 0.6) is 11.5 Å². The van der Waals surface area contributed by atoms with E-state index in [2.05, 4.69) is 71.1 Å². The maximum atomic E-state index is 14.7. The van der Waals surface area contributed by atoms with Crippen LogP contribution in [0, 0.1) is 29.6 Å². The molecule has 412 valence electrons. The Kier molecular flexibility index (Phi) is 20.0. The van der Waals surface area contributed by atoms with Crippen LogP contribution < -0.4 is 9.16 Å². The van der Waals surface area contributed by atoms with E-state index >= 15 is 0 Å². The molecular weight excluding hydrogens is 959 g/mol. The van der Waals surface area contributed by atoms with Gasteiger partial charge in [0.1, 0.15) is 41.6 Å². The summed E-state index contributed by atoms with van der Waals surface area (Å²) in [7, 11) is 2.76. The predicted molar refractivity (Wildman–Crippen MR) is 288 cm³/mol. The van der Waals surface area contributed by atoms with Crippen LogP contribution in [0.4, 0.5) is 0 Å². The fraction of sp³-hybridized carbons (Fsp3) is 0.695. The molecule has 2 N–H and O–H groups in total. The summed E-state index contributed by atoms with van der Waals surface area (Å²) in [5.41, 5.74) is 1.68. The number of amides is 1. The molecule has 14 nitrogen and oxygen atoms in total. The van der Waals surface area contributed by atoms with Gasteiger partial charge in [-0.05, 0) is 149 Å². The second-order valence-corrected chi connectivity index (χ2v) is 28.5. The average molecular weight is 1050 g/mol. The lowest BCUT2D eigenvalue weighted by atomic mass is 9.81. The lowest BCUT2D eigenvalue weighted by Crippen LogP contribution is -2.64. The Morgan fingerprint density at radius 1 is 0.851 bits per heavy atom. The molecule has 2 aromatic carbocycles. The van der Waals surface area contributed by atoms with Gasteiger partial charge in [0.15, 0.2) is 0 Å². The Balaban J connectivity index is 1.26. The minimum atomic E-state index is -2.52. The van der Waals surface area contributed by atoms with Crippen LogP contribution in [0.3, 0.4) is 0 Å². The molecule has 3 fully saturated rings. The average Bonchev–Trinajstić information content (AvgIpc) is 3.35. The van der Waals surface area contributed by atoms with Crippen LogP contribution in [-0.2, 0) is 42.9 Å². The molecule has 4 aliphatic rings. The van der Waals surface area contributed by atoms with Gasteiger partial charge in [0.2, 0.25) is 14.1 Å². The number of rotatable bonds is 10. The number of cyclic esters (lactones) is 1. The standard InChI is InChI=1S/C59H89NO13Si/c1-15-41-27-35(2)26-36(3)28-51(68-11)54-52(69-12)30-38(5)59(66,72-54)55(63)56(64)60-25-17-16-18-46(60)57(65)71-53(39(6)47(61)34-48(41)62)37(4)29-40-19-24-49(50(31-40)67-10)70-44-22-20-43-33-45(23-21-42(43)32-44)73-74(13,14)58(7,8)9/h20-23,27,29,32-33,36,38-41,46-47,49-54,61,66H,15-19,24-26,28,30-31,34H2,1-14H3/b35-27+,37-29?. The van der Waals surface area contributed by atoms with Crippen molar-refractivity contribution in [2.45, 2.75) is 206 Å². The van der Waals surface area contributed by atoms with E-state index in [-0.39, 0.29) is 60.7 Å². The van der Waals surface area contributed by atoms with E-state index in [1.54, 1.807) is 35.2 Å². The number of methoxy groups -OCH3 is 3. The van der Waals surface area contributed by atoms with E-state index in [9.17, 15) is 29.4 Å². The van der Waals surface area contributed by atoms with Crippen LogP contribution in [0.2, 0.25) is 18.1 Å². The highest BCUT2D eigenvalue weighted by Crippen LogP contribution is 2.41. The van der Waals surface area contributed by atoms with Crippen LogP contribution >= 0.6 is 0 Å². The van der Waals surface area contributed by atoms with Crippen molar-refractivity contribution < 1.29 is 62.2 Å². The van der Waals surface area contributed by atoms with Crippen molar-refractivity contribution in [3.05, 3.63) is 59.7 Å². The zero-order chi connectivity index (χ0) is 54.4. The lowest BCUT2D eigenvalue weighted by Gasteiger charge is -2.47. The molecule has 1 saturated carbocycles. The zero-order valence-corrected chi connectivity index (χ0v) is 47.9. The number of aliphatic hydroxyl groups is 2. The molecule has 0 radical (unpaired) electrons. The van der Waals surface area contributed by atoms with Gasteiger partial charge in [0.25, 0.3) is 11.7 Å². The Hall–Kier alpha value is -3.96. The van der Waals surface area contributed by atoms with Crippen molar-refractivity contribution in [3.63, 3.8) is 0 Å². The van der Waals surface area contributed by atoms with Gasteiger partial charge in [-0.25, -0.2) is 4.79 Å². The number of Topliss-reactive ketones (excluding diaryl/α,β-unsaturated/α-hetero) is 2. The maximum Gasteiger partial charge on any atom is 0.329 e. The van der Waals surface area contributed by atoms with Crippen LogP contribution in [0.25, 0.3) is 10.8 Å². The Morgan fingerprint density at radius 3 is 2.12 bits per heavy atom. The SMILES string of the molecule is CCC1/C=C(\C)CC(C)CC(OC)C2OC(O)(C(=O)C(=O)N3CCCCC3C(=O)OC(C(C)=CC3CCC(Oc4ccc5cc(O[Si](C)(C)C(C)(C)C)ccc5c4)C(OC)C3)C(C)C(O)CC1=O)C(C)CC2OC. The Morgan fingerprint density at radius 2 is 1.49 bits per heavy atom. The fourth-order valence-corrected chi connectivity index (χ4v) is 12.5. The van der Waals surface area contributed by atoms with Crippen molar-refractivity contribution in [2.24, 2.45) is 29.6 Å². The van der Waals surface area contributed by atoms with Gasteiger partial charge in [0.05, 0.1) is 24.4 Å². The molecule has 15 heteroatoms. The van der Waals surface area contributed by atoms with Crippen molar-refractivity contribution in [2.75, 3.05) is 27.9 Å². The monoisotopic (exact) mass is 1050 g/mol. The van der Waals surface area contributed by atoms with Crippen molar-refractivity contribution in [1.82, 2.24) is 4.90 Å². The van der Waals surface area contributed by atoms with Crippen molar-refractivity contribution >= 4 is 42.5 Å². The molecular formula is C59H89NO13Si. The quantitative estimate of drug-likeness (QED) is 0.0996. The number of fused-ring (bicyclic) bond motifs is 4. The first-order valence-electron chi connectivity index (χ1n) is 27.3. The lowest BCUT2D eigenvalue weighted by molar-refractivity contribution is -0.302. The third kappa shape index (κ3) is 13.8. The number of piperidine rings is 1. The number of carbonyl (C=O) groups excluding carboxylic acids is 4. The second-order valence-electron chi connectivity index (χ2n) is 23.8. The molecule has 6 rings (SSSR count). The van der Waals surface area contributed by atoms with E-state index < -0.39 is 86.1 Å². The minimum Gasteiger partial charge on any atom is -0.543 e. The predicted octanol–water partition coefficient (Wildman–Crippen LogP) is 10.1. The second kappa shape index (κ2) is 25.0. The highest BCUT2D eigenvalue weighted by molar-refractivity contribution is 6.74. The molecule has 2 saturated heterocycles.